The van der Waals surface area contributed by atoms with E-state index >= 15 is 0 Å². The molecule has 1 rings (SSSR count). The molecule has 1 aromatic rings. The number of amides is 1. The molecule has 186 valence electrons. The van der Waals surface area contributed by atoms with Crippen LogP contribution in [-0.4, -0.2) is 42.3 Å². The number of hydrogen-bond acceptors (Lipinski definition) is 5. The highest BCUT2D eigenvalue weighted by Crippen LogP contribution is 2.30. The quantitative estimate of drug-likeness (QED) is 0.123. The second kappa shape index (κ2) is 11.3. The largest absolute Gasteiger partial charge is 0.463 e. The molecular formula is C20H26F6N4O3. The summed E-state index contributed by atoms with van der Waals surface area (Å²) in [6, 6.07) is 4.03. The Morgan fingerprint density at radius 1 is 1.03 bits per heavy atom. The maximum absolute atomic E-state index is 14.0. The lowest BCUT2D eigenvalue weighted by atomic mass is 10.1. The lowest BCUT2D eigenvalue weighted by Gasteiger charge is -2.35. The number of aliphatic imine (C=N–C) groups is 1. The maximum Gasteiger partial charge on any atom is 0.450 e. The smallest absolute Gasteiger partial charge is 0.450 e. The van der Waals surface area contributed by atoms with Crippen LogP contribution in [0.15, 0.2) is 23.2 Å². The summed E-state index contributed by atoms with van der Waals surface area (Å²) >= 11 is 0. The third-order valence-electron chi connectivity index (χ3n) is 4.46. The van der Waals surface area contributed by atoms with Gasteiger partial charge in [0.2, 0.25) is 11.7 Å². The number of unbranched alkanes of at least 4 members (excludes halogenated alkanes) is 1. The van der Waals surface area contributed by atoms with Crippen LogP contribution in [0.3, 0.4) is 0 Å². The predicted molar refractivity (Wildman–Crippen MR) is 108 cm³/mol. The molecule has 33 heavy (non-hydrogen) atoms. The average Bonchev–Trinajstić information content (AvgIpc) is 2.69. The highest BCUT2D eigenvalue weighted by Gasteiger charge is 2.64. The van der Waals surface area contributed by atoms with Gasteiger partial charge < -0.3 is 10.1 Å². The van der Waals surface area contributed by atoms with Crippen molar-refractivity contribution in [1.82, 2.24) is 16.2 Å². The molecule has 0 radical (unpaired) electrons. The van der Waals surface area contributed by atoms with Crippen LogP contribution in [0.1, 0.15) is 44.2 Å². The van der Waals surface area contributed by atoms with E-state index in [9.17, 15) is 35.9 Å². The Balaban J connectivity index is 3.42. The molecule has 13 heteroatoms. The van der Waals surface area contributed by atoms with Gasteiger partial charge in [0.25, 0.3) is 0 Å². The first kappa shape index (κ1) is 28.2. The van der Waals surface area contributed by atoms with E-state index < -0.39 is 48.8 Å². The van der Waals surface area contributed by atoms with Crippen molar-refractivity contribution in [2.75, 3.05) is 6.61 Å². The molecule has 1 aromatic carbocycles. The average molecular weight is 484 g/mol. The second-order valence-corrected chi connectivity index (χ2v) is 7.10. The first-order valence-corrected chi connectivity index (χ1v) is 9.99. The number of rotatable bonds is 9. The van der Waals surface area contributed by atoms with Gasteiger partial charge in [0.1, 0.15) is 0 Å². The summed E-state index contributed by atoms with van der Waals surface area (Å²) in [7, 11) is 0. The summed E-state index contributed by atoms with van der Waals surface area (Å²) in [4.78, 5) is 27.6. The van der Waals surface area contributed by atoms with Crippen molar-refractivity contribution in [2.24, 2.45) is 4.99 Å². The van der Waals surface area contributed by atoms with Crippen LogP contribution in [0.5, 0.6) is 0 Å². The SMILES string of the molecule is CCCCC(=O)NC(NNC(=Nc1ccc(C)c(C)c1)C(F)(F)F)(C(=O)OCC)C(F)(F)F. The van der Waals surface area contributed by atoms with E-state index in [0.29, 0.717) is 12.0 Å². The monoisotopic (exact) mass is 484 g/mol. The van der Waals surface area contributed by atoms with Gasteiger partial charge in [-0.25, -0.2) is 9.79 Å². The Morgan fingerprint density at radius 2 is 1.67 bits per heavy atom. The van der Waals surface area contributed by atoms with Crippen molar-refractivity contribution < 1.29 is 40.7 Å². The van der Waals surface area contributed by atoms with Crippen LogP contribution in [-0.2, 0) is 14.3 Å². The summed E-state index contributed by atoms with van der Waals surface area (Å²) in [5.74, 6) is -5.12. The van der Waals surface area contributed by atoms with Gasteiger partial charge in [-0.1, -0.05) is 19.4 Å². The summed E-state index contributed by atoms with van der Waals surface area (Å²) < 4.78 is 86.9. The van der Waals surface area contributed by atoms with E-state index in [1.54, 1.807) is 20.8 Å². The number of hydrazine groups is 1. The normalized spacial score (nSPS) is 14.4. The molecule has 0 saturated heterocycles. The third-order valence-corrected chi connectivity index (χ3v) is 4.46. The summed E-state index contributed by atoms with van der Waals surface area (Å²) in [5, 5.41) is 1.44. The zero-order chi connectivity index (χ0) is 25.4. The lowest BCUT2D eigenvalue weighted by Crippen LogP contribution is -2.76. The highest BCUT2D eigenvalue weighted by atomic mass is 19.4. The number of benzene rings is 1. The molecule has 0 spiro atoms. The number of esters is 1. The van der Waals surface area contributed by atoms with Crippen molar-refractivity contribution in [1.29, 1.82) is 0 Å². The number of carbonyl (C=O) groups excluding carboxylic acids is 2. The zero-order valence-electron chi connectivity index (χ0n) is 18.5. The summed E-state index contributed by atoms with van der Waals surface area (Å²) in [5.41, 5.74) is -0.208. The van der Waals surface area contributed by atoms with Gasteiger partial charge in [-0.05, 0) is 50.5 Å². The van der Waals surface area contributed by atoms with Gasteiger partial charge in [0.05, 0.1) is 12.3 Å². The van der Waals surface area contributed by atoms with E-state index in [1.807, 2.05) is 0 Å². The Labute approximate surface area is 186 Å². The van der Waals surface area contributed by atoms with E-state index in [-0.39, 0.29) is 12.1 Å². The Hall–Kier alpha value is -2.83. The van der Waals surface area contributed by atoms with Crippen LogP contribution in [0.4, 0.5) is 32.0 Å². The standard InChI is InChI=1S/C20H26F6N4O3/c1-5-7-8-15(31)28-18(20(24,25)26,17(32)33-6-2)30-29-16(19(21,22)23)27-14-10-9-12(3)13(4)11-14/h9-11,30H,5-8H2,1-4H3,(H,27,29)(H,28,31). The topological polar surface area (TPSA) is 91.8 Å². The molecule has 0 aliphatic rings. The van der Waals surface area contributed by atoms with E-state index in [4.69, 9.17) is 0 Å². The second-order valence-electron chi connectivity index (χ2n) is 7.10. The predicted octanol–water partition coefficient (Wildman–Crippen LogP) is 4.12. The van der Waals surface area contributed by atoms with Gasteiger partial charge in [-0.15, -0.1) is 0 Å². The van der Waals surface area contributed by atoms with Gasteiger partial charge >= 0.3 is 24.0 Å². The summed E-state index contributed by atoms with van der Waals surface area (Å²) in [6.45, 7) is 5.69. The zero-order valence-corrected chi connectivity index (χ0v) is 18.5. The number of aryl methyl sites for hydroxylation is 2. The van der Waals surface area contributed by atoms with Gasteiger partial charge in [-0.2, -0.15) is 31.8 Å². The fourth-order valence-corrected chi connectivity index (χ4v) is 2.48. The van der Waals surface area contributed by atoms with Gasteiger partial charge in [0.15, 0.2) is 0 Å². The minimum absolute atomic E-state index is 0.193. The van der Waals surface area contributed by atoms with Crippen molar-refractivity contribution in [2.45, 2.75) is 65.0 Å². The molecule has 1 unspecified atom stereocenters. The van der Waals surface area contributed by atoms with Crippen molar-refractivity contribution in [3.63, 3.8) is 0 Å². The van der Waals surface area contributed by atoms with Crippen LogP contribution >= 0.6 is 0 Å². The Morgan fingerprint density at radius 3 is 2.15 bits per heavy atom. The fourth-order valence-electron chi connectivity index (χ4n) is 2.48. The minimum Gasteiger partial charge on any atom is -0.463 e. The number of halogens is 6. The molecule has 0 aliphatic heterocycles. The maximum atomic E-state index is 14.0. The van der Waals surface area contributed by atoms with E-state index in [1.165, 1.54) is 41.3 Å². The number of ether oxygens (including phenoxy) is 1. The molecule has 0 saturated carbocycles. The molecule has 0 aliphatic carbocycles. The first-order chi connectivity index (χ1) is 15.2. The molecule has 0 aromatic heterocycles. The molecule has 7 nitrogen and oxygen atoms in total. The molecule has 0 fully saturated rings. The summed E-state index contributed by atoms with van der Waals surface area (Å²) in [6.07, 6.45) is -10.6. The van der Waals surface area contributed by atoms with Crippen LogP contribution in [0.2, 0.25) is 0 Å². The lowest BCUT2D eigenvalue weighted by molar-refractivity contribution is -0.223. The van der Waals surface area contributed by atoms with Gasteiger partial charge in [0, 0.05) is 6.42 Å². The van der Waals surface area contributed by atoms with E-state index in [0.717, 1.165) is 5.56 Å². The molecular weight excluding hydrogens is 458 g/mol. The number of amidine groups is 1. The highest BCUT2D eigenvalue weighted by molar-refractivity contribution is 5.92. The van der Waals surface area contributed by atoms with Crippen LogP contribution in [0.25, 0.3) is 0 Å². The molecule has 1 atom stereocenters. The molecule has 1 amide bonds. The fraction of sp³-hybridized carbons (Fsp3) is 0.550. The van der Waals surface area contributed by atoms with Crippen LogP contribution < -0.4 is 16.2 Å². The third kappa shape index (κ3) is 7.62. The first-order valence-electron chi connectivity index (χ1n) is 9.99. The minimum atomic E-state index is -5.58. The van der Waals surface area contributed by atoms with E-state index in [2.05, 4.69) is 9.73 Å². The molecule has 0 heterocycles. The van der Waals surface area contributed by atoms with Crippen LogP contribution in [0, 0.1) is 13.8 Å². The Kier molecular flexibility index (Phi) is 9.70. The number of alkyl halides is 6. The van der Waals surface area contributed by atoms with Crippen molar-refractivity contribution in [3.05, 3.63) is 29.3 Å². The number of nitrogens with zero attached hydrogens (tertiary/aromatic N) is 1. The Bertz CT molecular complexity index is 870. The number of carbonyl (C=O) groups is 2. The molecule has 3 N–H and O–H groups in total. The van der Waals surface area contributed by atoms with Gasteiger partial charge in [-0.3, -0.25) is 10.2 Å². The number of nitrogens with one attached hydrogen (secondary N) is 3. The van der Waals surface area contributed by atoms with Crippen molar-refractivity contribution >= 4 is 23.4 Å². The number of hydrogen-bond donors (Lipinski definition) is 3. The van der Waals surface area contributed by atoms with Crippen molar-refractivity contribution in [3.8, 4) is 0 Å². The molecule has 0 bridgehead atoms.